The second-order valence-electron chi connectivity index (χ2n) is 4.83. The standard InChI is InChI=1S/C12H24N2O2/c1-4-12(5-7-13-8-6-12)11(16)14(3)10(2)9-15/h10,13,15H,4-9H2,1-3H3. The average Bonchev–Trinajstić information content (AvgIpc) is 2.36. The normalized spacial score (nSPS) is 21.5. The Kier molecular flexibility index (Phi) is 4.74. The summed E-state index contributed by atoms with van der Waals surface area (Å²) in [6.45, 7) is 5.82. The first-order valence-electron chi connectivity index (χ1n) is 6.16. The molecule has 0 aliphatic carbocycles. The number of nitrogens with one attached hydrogen (secondary N) is 1. The minimum absolute atomic E-state index is 0.0281. The third kappa shape index (κ3) is 2.55. The van der Waals surface area contributed by atoms with Crippen molar-refractivity contribution >= 4 is 5.91 Å². The molecule has 0 spiro atoms. The number of rotatable bonds is 4. The van der Waals surface area contributed by atoms with Crippen LogP contribution in [0.3, 0.4) is 0 Å². The Balaban J connectivity index is 2.75. The Labute approximate surface area is 98.0 Å². The van der Waals surface area contributed by atoms with Gasteiger partial charge in [-0.1, -0.05) is 6.92 Å². The highest BCUT2D eigenvalue weighted by atomic mass is 16.3. The van der Waals surface area contributed by atoms with Crippen molar-refractivity contribution in [3.8, 4) is 0 Å². The molecule has 1 unspecified atom stereocenters. The topological polar surface area (TPSA) is 52.6 Å². The van der Waals surface area contributed by atoms with E-state index in [0.717, 1.165) is 32.4 Å². The van der Waals surface area contributed by atoms with Gasteiger partial charge >= 0.3 is 0 Å². The molecule has 1 aliphatic heterocycles. The van der Waals surface area contributed by atoms with E-state index in [9.17, 15) is 4.79 Å². The lowest BCUT2D eigenvalue weighted by atomic mass is 9.75. The number of hydrogen-bond donors (Lipinski definition) is 2. The van der Waals surface area contributed by atoms with Crippen LogP contribution < -0.4 is 5.32 Å². The van der Waals surface area contributed by atoms with Crippen molar-refractivity contribution in [2.24, 2.45) is 5.41 Å². The van der Waals surface area contributed by atoms with Gasteiger partial charge < -0.3 is 15.3 Å². The molecule has 4 heteroatoms. The maximum atomic E-state index is 12.4. The predicted molar refractivity (Wildman–Crippen MR) is 64.1 cm³/mol. The second-order valence-corrected chi connectivity index (χ2v) is 4.83. The van der Waals surface area contributed by atoms with Gasteiger partial charge in [0.2, 0.25) is 5.91 Å². The largest absolute Gasteiger partial charge is 0.394 e. The van der Waals surface area contributed by atoms with E-state index in [1.54, 1.807) is 11.9 Å². The lowest BCUT2D eigenvalue weighted by molar-refractivity contribution is -0.145. The van der Waals surface area contributed by atoms with Crippen molar-refractivity contribution in [1.82, 2.24) is 10.2 Å². The van der Waals surface area contributed by atoms with Gasteiger partial charge in [-0.25, -0.2) is 0 Å². The van der Waals surface area contributed by atoms with Crippen molar-refractivity contribution in [1.29, 1.82) is 0 Å². The zero-order valence-corrected chi connectivity index (χ0v) is 10.6. The molecule has 1 amide bonds. The van der Waals surface area contributed by atoms with E-state index in [1.165, 1.54) is 0 Å². The van der Waals surface area contributed by atoms with E-state index >= 15 is 0 Å². The number of nitrogens with zero attached hydrogens (tertiary/aromatic N) is 1. The molecule has 16 heavy (non-hydrogen) atoms. The van der Waals surface area contributed by atoms with Crippen LogP contribution in [0.1, 0.15) is 33.1 Å². The fourth-order valence-electron chi connectivity index (χ4n) is 2.32. The zero-order chi connectivity index (χ0) is 12.2. The molecule has 1 aliphatic rings. The summed E-state index contributed by atoms with van der Waals surface area (Å²) in [4.78, 5) is 14.1. The van der Waals surface area contributed by atoms with Crippen LogP contribution in [0.5, 0.6) is 0 Å². The summed E-state index contributed by atoms with van der Waals surface area (Å²) >= 11 is 0. The van der Waals surface area contributed by atoms with Gasteiger partial charge in [-0.15, -0.1) is 0 Å². The SMILES string of the molecule is CCC1(C(=O)N(C)C(C)CO)CCNCC1. The highest BCUT2D eigenvalue weighted by molar-refractivity contribution is 5.83. The van der Waals surface area contributed by atoms with Gasteiger partial charge in [0.05, 0.1) is 18.1 Å². The van der Waals surface area contributed by atoms with E-state index in [0.29, 0.717) is 0 Å². The van der Waals surface area contributed by atoms with E-state index in [4.69, 9.17) is 5.11 Å². The molecule has 0 saturated carbocycles. The summed E-state index contributed by atoms with van der Waals surface area (Å²) in [6, 6.07) is -0.0918. The third-order valence-electron chi connectivity index (χ3n) is 3.94. The number of carbonyl (C=O) groups is 1. The van der Waals surface area contributed by atoms with Crippen LogP contribution in [0.15, 0.2) is 0 Å². The van der Waals surface area contributed by atoms with Gasteiger partial charge in [-0.3, -0.25) is 4.79 Å². The van der Waals surface area contributed by atoms with E-state index in [-0.39, 0.29) is 24.0 Å². The fourth-order valence-corrected chi connectivity index (χ4v) is 2.32. The highest BCUT2D eigenvalue weighted by Gasteiger charge is 2.40. The molecule has 94 valence electrons. The first kappa shape index (κ1) is 13.5. The molecule has 1 saturated heterocycles. The Hall–Kier alpha value is -0.610. The number of piperidine rings is 1. The van der Waals surface area contributed by atoms with Crippen molar-refractivity contribution in [3.63, 3.8) is 0 Å². The first-order chi connectivity index (χ1) is 7.57. The summed E-state index contributed by atoms with van der Waals surface area (Å²) < 4.78 is 0. The molecular formula is C12H24N2O2. The highest BCUT2D eigenvalue weighted by Crippen LogP contribution is 2.34. The molecule has 0 bridgehead atoms. The molecule has 0 aromatic carbocycles. The maximum Gasteiger partial charge on any atom is 0.228 e. The van der Waals surface area contributed by atoms with Gasteiger partial charge in [-0.05, 0) is 39.3 Å². The number of amides is 1. The summed E-state index contributed by atoms with van der Waals surface area (Å²) in [5.41, 5.74) is -0.205. The molecule has 1 fully saturated rings. The van der Waals surface area contributed by atoms with Crippen LogP contribution >= 0.6 is 0 Å². The van der Waals surface area contributed by atoms with Gasteiger partial charge in [0.25, 0.3) is 0 Å². The monoisotopic (exact) mass is 228 g/mol. The molecular weight excluding hydrogens is 204 g/mol. The molecule has 1 atom stereocenters. The molecule has 0 radical (unpaired) electrons. The van der Waals surface area contributed by atoms with Crippen molar-refractivity contribution in [3.05, 3.63) is 0 Å². The Morgan fingerprint density at radius 1 is 1.50 bits per heavy atom. The average molecular weight is 228 g/mol. The number of aliphatic hydroxyl groups is 1. The van der Waals surface area contributed by atoms with Crippen molar-refractivity contribution in [2.75, 3.05) is 26.7 Å². The van der Waals surface area contributed by atoms with Gasteiger partial charge in [-0.2, -0.15) is 0 Å². The van der Waals surface area contributed by atoms with E-state index in [2.05, 4.69) is 12.2 Å². The van der Waals surface area contributed by atoms with E-state index in [1.807, 2.05) is 6.92 Å². The summed E-state index contributed by atoms with van der Waals surface area (Å²) in [7, 11) is 1.79. The summed E-state index contributed by atoms with van der Waals surface area (Å²) in [6.07, 6.45) is 2.70. The van der Waals surface area contributed by atoms with Crippen LogP contribution in [0, 0.1) is 5.41 Å². The van der Waals surface area contributed by atoms with Crippen LogP contribution in [0.2, 0.25) is 0 Å². The molecule has 4 nitrogen and oxygen atoms in total. The van der Waals surface area contributed by atoms with Crippen LogP contribution in [0.4, 0.5) is 0 Å². The third-order valence-corrected chi connectivity index (χ3v) is 3.94. The van der Waals surface area contributed by atoms with Gasteiger partial charge in [0, 0.05) is 7.05 Å². The smallest absolute Gasteiger partial charge is 0.228 e. The quantitative estimate of drug-likeness (QED) is 0.741. The minimum atomic E-state index is -0.205. The summed E-state index contributed by atoms with van der Waals surface area (Å²) in [5, 5.41) is 12.4. The van der Waals surface area contributed by atoms with Crippen LogP contribution in [0.25, 0.3) is 0 Å². The van der Waals surface area contributed by atoms with Gasteiger partial charge in [0.15, 0.2) is 0 Å². The molecule has 1 rings (SSSR count). The van der Waals surface area contributed by atoms with Gasteiger partial charge in [0.1, 0.15) is 0 Å². The van der Waals surface area contributed by atoms with Crippen molar-refractivity contribution in [2.45, 2.75) is 39.2 Å². The number of likely N-dealkylation sites (N-methyl/N-ethyl adjacent to an activating group) is 1. The molecule has 1 heterocycles. The molecule has 2 N–H and O–H groups in total. The van der Waals surface area contributed by atoms with Crippen molar-refractivity contribution < 1.29 is 9.90 Å². The number of aliphatic hydroxyl groups excluding tert-OH is 1. The Morgan fingerprint density at radius 3 is 2.50 bits per heavy atom. The molecule has 0 aromatic rings. The lowest BCUT2D eigenvalue weighted by Gasteiger charge is -2.39. The molecule has 0 aromatic heterocycles. The fraction of sp³-hybridized carbons (Fsp3) is 0.917. The Bertz CT molecular complexity index is 237. The second kappa shape index (κ2) is 5.64. The van der Waals surface area contributed by atoms with Crippen LogP contribution in [-0.4, -0.2) is 48.7 Å². The minimum Gasteiger partial charge on any atom is -0.394 e. The zero-order valence-electron chi connectivity index (χ0n) is 10.6. The first-order valence-corrected chi connectivity index (χ1v) is 6.16. The number of hydrogen-bond acceptors (Lipinski definition) is 3. The van der Waals surface area contributed by atoms with Crippen LogP contribution in [-0.2, 0) is 4.79 Å². The predicted octanol–water partition coefficient (Wildman–Crippen LogP) is 0.605. The summed E-state index contributed by atoms with van der Waals surface area (Å²) in [5.74, 6) is 0.193. The number of carbonyl (C=O) groups excluding carboxylic acids is 1. The maximum absolute atomic E-state index is 12.4. The lowest BCUT2D eigenvalue weighted by Crippen LogP contribution is -2.50. The Morgan fingerprint density at radius 2 is 2.06 bits per heavy atom. The van der Waals surface area contributed by atoms with E-state index < -0.39 is 0 Å².